The van der Waals surface area contributed by atoms with Gasteiger partial charge in [-0.1, -0.05) is 0 Å². The highest BCUT2D eigenvalue weighted by Crippen LogP contribution is 2.33. The van der Waals surface area contributed by atoms with Gasteiger partial charge in [-0.05, 0) is 68.9 Å². The molecule has 1 atom stereocenters. The molecule has 9 heteroatoms. The largest absolute Gasteiger partial charge is 0.338 e. The van der Waals surface area contributed by atoms with Gasteiger partial charge in [0.1, 0.15) is 5.39 Å². The lowest BCUT2D eigenvalue weighted by atomic mass is 10.3. The molecule has 2 N–H and O–H groups in total. The molecule has 0 radical (unpaired) electrons. The van der Waals surface area contributed by atoms with Crippen LogP contribution in [0.15, 0.2) is 46.2 Å². The van der Waals surface area contributed by atoms with Gasteiger partial charge >= 0.3 is 0 Å². The van der Waals surface area contributed by atoms with Crippen molar-refractivity contribution in [1.82, 2.24) is 19.1 Å². The summed E-state index contributed by atoms with van der Waals surface area (Å²) in [7, 11) is -3.49. The summed E-state index contributed by atoms with van der Waals surface area (Å²) in [6.45, 7) is 3.31. The average molecular weight is 428 g/mol. The summed E-state index contributed by atoms with van der Waals surface area (Å²) < 4.78 is 29.2. The molecule has 1 aliphatic carbocycles. The van der Waals surface area contributed by atoms with Crippen LogP contribution >= 0.6 is 0 Å². The summed E-state index contributed by atoms with van der Waals surface area (Å²) in [6, 6.07) is 8.55. The van der Waals surface area contributed by atoms with Crippen LogP contribution in [0.1, 0.15) is 32.6 Å². The normalized spacial score (nSPS) is 20.1. The third-order valence-corrected chi connectivity index (χ3v) is 8.05. The Balaban J connectivity index is 1.44. The lowest BCUT2D eigenvalue weighted by molar-refractivity contribution is 0.408. The Kier molecular flexibility index (Phi) is 4.67. The first-order chi connectivity index (χ1) is 14.4. The predicted molar refractivity (Wildman–Crippen MR) is 115 cm³/mol. The quantitative estimate of drug-likeness (QED) is 0.630. The van der Waals surface area contributed by atoms with Crippen molar-refractivity contribution in [3.05, 3.63) is 46.9 Å². The molecule has 1 saturated heterocycles. The maximum absolute atomic E-state index is 12.9. The van der Waals surface area contributed by atoms with Crippen molar-refractivity contribution in [3.8, 4) is 0 Å². The van der Waals surface area contributed by atoms with Crippen molar-refractivity contribution >= 4 is 32.4 Å². The Bertz CT molecular complexity index is 1240. The van der Waals surface area contributed by atoms with Gasteiger partial charge in [0.05, 0.1) is 10.4 Å². The maximum Gasteiger partial charge on any atom is 0.261 e. The van der Waals surface area contributed by atoms with Gasteiger partial charge in [-0.25, -0.2) is 8.42 Å². The second-order valence-corrected chi connectivity index (χ2v) is 10.2. The Morgan fingerprint density at radius 2 is 1.93 bits per heavy atom. The van der Waals surface area contributed by atoms with Crippen LogP contribution in [0.4, 0.5) is 11.5 Å². The standard InChI is InChI=1S/C21H25N5O3S/c1-14-3-2-12-26(14)30(28,29)17-8-6-16(7-9-17)23-20-19-18(10-11-22-21(19)27)25(24-20)13-15-4-5-15/h6-11,14-15H,2-5,12-13H2,1H3,(H,22,27)(H,23,24). The number of benzene rings is 1. The van der Waals surface area contributed by atoms with E-state index in [2.05, 4.69) is 15.4 Å². The van der Waals surface area contributed by atoms with Crippen LogP contribution in [0, 0.1) is 5.92 Å². The molecule has 30 heavy (non-hydrogen) atoms. The minimum Gasteiger partial charge on any atom is -0.338 e. The van der Waals surface area contributed by atoms with Gasteiger partial charge in [0, 0.05) is 31.0 Å². The number of hydrogen-bond acceptors (Lipinski definition) is 5. The van der Waals surface area contributed by atoms with Gasteiger partial charge in [-0.15, -0.1) is 0 Å². The van der Waals surface area contributed by atoms with Crippen LogP contribution in [0.5, 0.6) is 0 Å². The summed E-state index contributed by atoms with van der Waals surface area (Å²) in [5, 5.41) is 8.34. The van der Waals surface area contributed by atoms with E-state index in [1.54, 1.807) is 34.8 Å². The number of nitrogens with one attached hydrogen (secondary N) is 2. The fraction of sp³-hybridized carbons (Fsp3) is 0.429. The first-order valence-electron chi connectivity index (χ1n) is 10.4. The van der Waals surface area contributed by atoms with E-state index in [1.165, 1.54) is 12.8 Å². The highest BCUT2D eigenvalue weighted by molar-refractivity contribution is 7.89. The van der Waals surface area contributed by atoms with Gasteiger partial charge in [0.2, 0.25) is 10.0 Å². The van der Waals surface area contributed by atoms with E-state index in [0.717, 1.165) is 24.9 Å². The first-order valence-corrected chi connectivity index (χ1v) is 11.8. The zero-order valence-electron chi connectivity index (χ0n) is 16.8. The number of fused-ring (bicyclic) bond motifs is 1. The molecule has 2 aromatic heterocycles. The van der Waals surface area contributed by atoms with Crippen LogP contribution in [0.25, 0.3) is 10.9 Å². The minimum atomic E-state index is -3.49. The third kappa shape index (κ3) is 3.41. The van der Waals surface area contributed by atoms with Gasteiger partial charge in [0.15, 0.2) is 5.82 Å². The number of rotatable bonds is 6. The summed E-state index contributed by atoms with van der Waals surface area (Å²) in [6.07, 6.45) is 5.81. The van der Waals surface area contributed by atoms with Crippen LogP contribution in [0.2, 0.25) is 0 Å². The van der Waals surface area contributed by atoms with Crippen LogP contribution in [-0.4, -0.2) is 40.1 Å². The highest BCUT2D eigenvalue weighted by atomic mass is 32.2. The van der Waals surface area contributed by atoms with Crippen LogP contribution < -0.4 is 10.9 Å². The van der Waals surface area contributed by atoms with Crippen molar-refractivity contribution < 1.29 is 8.42 Å². The smallest absolute Gasteiger partial charge is 0.261 e. The minimum absolute atomic E-state index is 0.0290. The van der Waals surface area contributed by atoms with Crippen LogP contribution in [0.3, 0.4) is 0 Å². The summed E-state index contributed by atoms with van der Waals surface area (Å²) >= 11 is 0. The fourth-order valence-corrected chi connectivity index (χ4v) is 5.85. The number of sulfonamides is 1. The number of aromatic amines is 1. The summed E-state index contributed by atoms with van der Waals surface area (Å²) in [4.78, 5) is 15.4. The van der Waals surface area contributed by atoms with Crippen molar-refractivity contribution in [2.75, 3.05) is 11.9 Å². The molecule has 1 unspecified atom stereocenters. The van der Waals surface area contributed by atoms with Crippen molar-refractivity contribution in [2.45, 2.75) is 50.1 Å². The monoisotopic (exact) mass is 427 g/mol. The lowest BCUT2D eigenvalue weighted by Crippen LogP contribution is -2.33. The zero-order valence-corrected chi connectivity index (χ0v) is 17.7. The number of pyridine rings is 1. The second-order valence-electron chi connectivity index (χ2n) is 8.30. The average Bonchev–Trinajstić information content (AvgIpc) is 3.32. The lowest BCUT2D eigenvalue weighted by Gasteiger charge is -2.21. The molecule has 0 bridgehead atoms. The van der Waals surface area contributed by atoms with E-state index < -0.39 is 10.0 Å². The molecule has 3 heterocycles. The Hall–Kier alpha value is -2.65. The zero-order chi connectivity index (χ0) is 20.9. The number of anilines is 2. The van der Waals surface area contributed by atoms with E-state index in [9.17, 15) is 13.2 Å². The molecule has 2 aliphatic rings. The second kappa shape index (κ2) is 7.24. The molecule has 0 amide bonds. The number of hydrogen-bond donors (Lipinski definition) is 2. The number of aromatic nitrogens is 3. The van der Waals surface area contributed by atoms with Crippen molar-refractivity contribution in [1.29, 1.82) is 0 Å². The topological polar surface area (TPSA) is 100 Å². The third-order valence-electron chi connectivity index (χ3n) is 6.02. The first kappa shape index (κ1) is 19.3. The molecule has 158 valence electrons. The van der Waals surface area contributed by atoms with Gasteiger partial charge in [-0.3, -0.25) is 9.48 Å². The van der Waals surface area contributed by atoms with E-state index in [0.29, 0.717) is 29.4 Å². The Morgan fingerprint density at radius 1 is 1.17 bits per heavy atom. The number of nitrogens with zero attached hydrogens (tertiary/aromatic N) is 3. The number of H-pyrrole nitrogens is 1. The fourth-order valence-electron chi connectivity index (χ4n) is 4.15. The molecule has 3 aromatic rings. The summed E-state index contributed by atoms with van der Waals surface area (Å²) in [5.41, 5.74) is 1.29. The maximum atomic E-state index is 12.9. The molecule has 1 saturated carbocycles. The Morgan fingerprint density at radius 3 is 2.60 bits per heavy atom. The molecule has 5 rings (SSSR count). The van der Waals surface area contributed by atoms with E-state index in [1.807, 2.05) is 17.7 Å². The van der Waals surface area contributed by atoms with Gasteiger partial charge in [0.25, 0.3) is 5.56 Å². The van der Waals surface area contributed by atoms with E-state index in [4.69, 9.17) is 0 Å². The van der Waals surface area contributed by atoms with Crippen LogP contribution in [-0.2, 0) is 16.6 Å². The van der Waals surface area contributed by atoms with E-state index >= 15 is 0 Å². The van der Waals surface area contributed by atoms with E-state index in [-0.39, 0.29) is 16.5 Å². The van der Waals surface area contributed by atoms with Gasteiger partial charge in [-0.2, -0.15) is 9.40 Å². The predicted octanol–water partition coefficient (Wildman–Crippen LogP) is 3.05. The molecule has 1 aromatic carbocycles. The Labute approximate surface area is 175 Å². The van der Waals surface area contributed by atoms with Crippen molar-refractivity contribution in [3.63, 3.8) is 0 Å². The molecule has 2 fully saturated rings. The SMILES string of the molecule is CC1CCCN1S(=O)(=O)c1ccc(Nc2nn(CC3CC3)c3cc[nH]c(=O)c23)cc1. The summed E-state index contributed by atoms with van der Waals surface area (Å²) in [5.74, 6) is 1.11. The molecular formula is C21H25N5O3S. The molecular weight excluding hydrogens is 402 g/mol. The highest BCUT2D eigenvalue weighted by Gasteiger charge is 2.32. The van der Waals surface area contributed by atoms with Gasteiger partial charge < -0.3 is 10.3 Å². The molecule has 0 spiro atoms. The molecule has 8 nitrogen and oxygen atoms in total. The van der Waals surface area contributed by atoms with Crippen molar-refractivity contribution in [2.24, 2.45) is 5.92 Å². The molecule has 1 aliphatic heterocycles.